The zero-order valence-corrected chi connectivity index (χ0v) is 13.0. The van der Waals surface area contributed by atoms with Crippen molar-refractivity contribution >= 4 is 0 Å². The van der Waals surface area contributed by atoms with E-state index in [1.165, 1.54) is 0 Å². The number of ether oxygens (including phenoxy) is 1. The highest BCUT2D eigenvalue weighted by Crippen LogP contribution is 2.39. The molecule has 0 heterocycles. The van der Waals surface area contributed by atoms with Gasteiger partial charge in [0.25, 0.3) is 0 Å². The van der Waals surface area contributed by atoms with Gasteiger partial charge in [-0.2, -0.15) is 13.2 Å². The summed E-state index contributed by atoms with van der Waals surface area (Å²) in [5.41, 5.74) is 0.183. The van der Waals surface area contributed by atoms with Crippen LogP contribution >= 0.6 is 0 Å². The maximum Gasteiger partial charge on any atom is 0.391 e. The average molecular weight is 295 g/mol. The van der Waals surface area contributed by atoms with Crippen molar-refractivity contribution in [2.24, 2.45) is 11.3 Å². The van der Waals surface area contributed by atoms with Gasteiger partial charge in [-0.3, -0.25) is 0 Å². The van der Waals surface area contributed by atoms with Crippen molar-refractivity contribution in [1.82, 2.24) is 5.32 Å². The molecule has 1 aliphatic rings. The molecule has 1 rings (SSSR count). The summed E-state index contributed by atoms with van der Waals surface area (Å²) in [6.45, 7) is 9.19. The summed E-state index contributed by atoms with van der Waals surface area (Å²) in [5.74, 6) is 0.508. The summed E-state index contributed by atoms with van der Waals surface area (Å²) >= 11 is 0. The lowest BCUT2D eigenvalue weighted by Gasteiger charge is -2.42. The van der Waals surface area contributed by atoms with Crippen LogP contribution in [-0.2, 0) is 4.74 Å². The van der Waals surface area contributed by atoms with Crippen molar-refractivity contribution in [1.29, 1.82) is 0 Å². The molecule has 0 aromatic carbocycles. The zero-order chi connectivity index (χ0) is 15.4. The third-order valence-electron chi connectivity index (χ3n) is 4.20. The van der Waals surface area contributed by atoms with Gasteiger partial charge < -0.3 is 10.1 Å². The fourth-order valence-corrected chi connectivity index (χ4v) is 2.92. The van der Waals surface area contributed by atoms with Gasteiger partial charge in [-0.15, -0.1) is 0 Å². The van der Waals surface area contributed by atoms with Gasteiger partial charge in [0.15, 0.2) is 0 Å². The molecule has 2 nitrogen and oxygen atoms in total. The van der Waals surface area contributed by atoms with E-state index in [9.17, 15) is 13.2 Å². The lowest BCUT2D eigenvalue weighted by Crippen LogP contribution is -2.47. The first-order valence-corrected chi connectivity index (χ1v) is 7.55. The quantitative estimate of drug-likeness (QED) is 0.822. The highest BCUT2D eigenvalue weighted by atomic mass is 19.4. The Morgan fingerprint density at radius 3 is 2.30 bits per heavy atom. The van der Waals surface area contributed by atoms with Crippen LogP contribution in [0.1, 0.15) is 53.4 Å². The van der Waals surface area contributed by atoms with Gasteiger partial charge in [-0.05, 0) is 37.1 Å². The van der Waals surface area contributed by atoms with Gasteiger partial charge in [0.2, 0.25) is 0 Å². The summed E-state index contributed by atoms with van der Waals surface area (Å²) in [5, 5.41) is 3.35. The third kappa shape index (κ3) is 6.00. The van der Waals surface area contributed by atoms with Gasteiger partial charge >= 0.3 is 6.18 Å². The Bertz CT molecular complexity index is 286. The normalized spacial score (nSPS) is 28.6. The number of alkyl halides is 3. The molecule has 1 N–H and O–H groups in total. The van der Waals surface area contributed by atoms with E-state index in [1.54, 1.807) is 0 Å². The molecular weight excluding hydrogens is 267 g/mol. The molecule has 0 aromatic rings. The molecule has 0 bridgehead atoms. The Hall–Kier alpha value is -0.290. The van der Waals surface area contributed by atoms with Crippen LogP contribution in [0.25, 0.3) is 0 Å². The third-order valence-corrected chi connectivity index (χ3v) is 4.20. The maximum atomic E-state index is 12.2. The summed E-state index contributed by atoms with van der Waals surface area (Å²) in [6, 6.07) is 0.187. The van der Waals surface area contributed by atoms with E-state index in [4.69, 9.17) is 4.74 Å². The Balaban J connectivity index is 2.55. The van der Waals surface area contributed by atoms with Gasteiger partial charge in [0.05, 0.1) is 19.1 Å². The standard InChI is InChI=1S/C15H28F3NO/c1-5-19-12-7-6-11(14(2,3)4)10-13(12)20-9-8-15(16,17)18/h11-13,19H,5-10H2,1-4H3. The first-order valence-electron chi connectivity index (χ1n) is 7.55. The Kier molecular flexibility index (Phi) is 6.32. The molecule has 0 amide bonds. The molecule has 0 radical (unpaired) electrons. The molecule has 3 atom stereocenters. The van der Waals surface area contributed by atoms with Crippen molar-refractivity contribution in [3.05, 3.63) is 0 Å². The number of rotatable bonds is 5. The molecular formula is C15H28F3NO. The minimum Gasteiger partial charge on any atom is -0.376 e. The smallest absolute Gasteiger partial charge is 0.376 e. The van der Waals surface area contributed by atoms with Crippen LogP contribution in [0, 0.1) is 11.3 Å². The summed E-state index contributed by atoms with van der Waals surface area (Å²) in [4.78, 5) is 0. The summed E-state index contributed by atoms with van der Waals surface area (Å²) < 4.78 is 42.2. The molecule has 0 aliphatic heterocycles. The number of nitrogens with one attached hydrogen (secondary N) is 1. The largest absolute Gasteiger partial charge is 0.391 e. The highest BCUT2D eigenvalue weighted by molar-refractivity contribution is 4.89. The Morgan fingerprint density at radius 2 is 1.80 bits per heavy atom. The molecule has 1 aliphatic carbocycles. The topological polar surface area (TPSA) is 21.3 Å². The zero-order valence-electron chi connectivity index (χ0n) is 13.0. The van der Waals surface area contributed by atoms with Crippen molar-refractivity contribution < 1.29 is 17.9 Å². The first-order chi connectivity index (χ1) is 9.13. The van der Waals surface area contributed by atoms with Crippen LogP contribution in [0.3, 0.4) is 0 Å². The molecule has 0 spiro atoms. The molecule has 0 aromatic heterocycles. The number of hydrogen-bond donors (Lipinski definition) is 1. The summed E-state index contributed by atoms with van der Waals surface area (Å²) in [6.07, 6.45) is -2.16. The Labute approximate surface area is 120 Å². The van der Waals surface area contributed by atoms with Crippen LogP contribution in [0.15, 0.2) is 0 Å². The monoisotopic (exact) mass is 295 g/mol. The minimum absolute atomic E-state index is 0.102. The summed E-state index contributed by atoms with van der Waals surface area (Å²) in [7, 11) is 0. The van der Waals surface area contributed by atoms with Gasteiger partial charge in [-0.1, -0.05) is 27.7 Å². The van der Waals surface area contributed by atoms with E-state index in [0.717, 1.165) is 25.8 Å². The van der Waals surface area contributed by atoms with E-state index in [-0.39, 0.29) is 24.2 Å². The Morgan fingerprint density at radius 1 is 1.15 bits per heavy atom. The molecule has 0 saturated heterocycles. The van der Waals surface area contributed by atoms with E-state index in [1.807, 2.05) is 6.92 Å². The van der Waals surface area contributed by atoms with E-state index in [2.05, 4.69) is 26.1 Å². The van der Waals surface area contributed by atoms with Gasteiger partial charge in [0.1, 0.15) is 0 Å². The second kappa shape index (κ2) is 7.12. The first kappa shape index (κ1) is 17.8. The van der Waals surface area contributed by atoms with E-state index >= 15 is 0 Å². The fourth-order valence-electron chi connectivity index (χ4n) is 2.92. The predicted octanol–water partition coefficient (Wildman–Crippen LogP) is 4.15. The lowest BCUT2D eigenvalue weighted by atomic mass is 9.70. The molecule has 3 unspecified atom stereocenters. The molecule has 5 heteroatoms. The van der Waals surface area contributed by atoms with Crippen molar-refractivity contribution in [3.8, 4) is 0 Å². The molecule has 1 fully saturated rings. The molecule has 1 saturated carbocycles. The number of halogens is 3. The van der Waals surface area contributed by atoms with Crippen molar-refractivity contribution in [2.45, 2.75) is 71.7 Å². The highest BCUT2D eigenvalue weighted by Gasteiger charge is 2.36. The lowest BCUT2D eigenvalue weighted by molar-refractivity contribution is -0.153. The number of likely N-dealkylation sites (N-methyl/N-ethyl adjacent to an activating group) is 1. The predicted molar refractivity (Wildman–Crippen MR) is 74.7 cm³/mol. The SMILES string of the molecule is CCNC1CCC(C(C)(C)C)CC1OCCC(F)(F)F. The second-order valence-corrected chi connectivity index (χ2v) is 6.81. The second-order valence-electron chi connectivity index (χ2n) is 6.81. The van der Waals surface area contributed by atoms with Gasteiger partial charge in [0, 0.05) is 6.04 Å². The van der Waals surface area contributed by atoms with Crippen LogP contribution in [0.5, 0.6) is 0 Å². The maximum absolute atomic E-state index is 12.2. The van der Waals surface area contributed by atoms with Crippen molar-refractivity contribution in [3.63, 3.8) is 0 Å². The number of hydrogen-bond acceptors (Lipinski definition) is 2. The van der Waals surface area contributed by atoms with Crippen LogP contribution in [0.4, 0.5) is 13.2 Å². The van der Waals surface area contributed by atoms with E-state index in [0.29, 0.717) is 5.92 Å². The minimum atomic E-state index is -4.13. The van der Waals surface area contributed by atoms with E-state index < -0.39 is 12.6 Å². The van der Waals surface area contributed by atoms with Crippen molar-refractivity contribution in [2.75, 3.05) is 13.2 Å². The average Bonchev–Trinajstić information content (AvgIpc) is 2.28. The molecule has 20 heavy (non-hydrogen) atoms. The van der Waals surface area contributed by atoms with Crippen LogP contribution in [0.2, 0.25) is 0 Å². The fraction of sp³-hybridized carbons (Fsp3) is 1.00. The van der Waals surface area contributed by atoms with Gasteiger partial charge in [-0.25, -0.2) is 0 Å². The van der Waals surface area contributed by atoms with Crippen LogP contribution in [-0.4, -0.2) is 31.5 Å². The van der Waals surface area contributed by atoms with Crippen LogP contribution < -0.4 is 5.32 Å². The molecule has 120 valence electrons.